The summed E-state index contributed by atoms with van der Waals surface area (Å²) in [6.07, 6.45) is 3.57. The molecule has 3 unspecified atom stereocenters. The van der Waals surface area contributed by atoms with E-state index >= 15 is 0 Å². The molecule has 1 amide bonds. The molecule has 1 saturated carbocycles. The van der Waals surface area contributed by atoms with Gasteiger partial charge in [0, 0.05) is 24.8 Å². The molecule has 7 heteroatoms. The van der Waals surface area contributed by atoms with Gasteiger partial charge in [-0.05, 0) is 42.9 Å². The van der Waals surface area contributed by atoms with Crippen LogP contribution in [0.5, 0.6) is 0 Å². The minimum atomic E-state index is -0.0226. The lowest BCUT2D eigenvalue weighted by Gasteiger charge is -2.29. The molecular weight excluding hydrogens is 357 g/mol. The number of carbonyl (C=O) groups excluding carboxylic acids is 1. The molecule has 0 bridgehead atoms. The third kappa shape index (κ3) is 4.52. The number of amides is 1. The predicted molar refractivity (Wildman–Crippen MR) is 97.6 cm³/mol. The molecule has 1 aliphatic heterocycles. The van der Waals surface area contributed by atoms with Gasteiger partial charge in [-0.2, -0.15) is 0 Å². The second kappa shape index (κ2) is 8.04. The molecular formula is C16H22Cl3N3O. The van der Waals surface area contributed by atoms with Crippen molar-refractivity contribution in [3.63, 3.8) is 0 Å². The van der Waals surface area contributed by atoms with Gasteiger partial charge in [-0.3, -0.25) is 9.69 Å². The molecule has 4 nitrogen and oxygen atoms in total. The van der Waals surface area contributed by atoms with Crippen molar-refractivity contribution in [1.82, 2.24) is 4.90 Å². The van der Waals surface area contributed by atoms with E-state index in [1.165, 1.54) is 12.8 Å². The number of benzene rings is 1. The van der Waals surface area contributed by atoms with Gasteiger partial charge < -0.3 is 11.1 Å². The van der Waals surface area contributed by atoms with Gasteiger partial charge in [-0.1, -0.05) is 29.6 Å². The van der Waals surface area contributed by atoms with Gasteiger partial charge in [0.1, 0.15) is 0 Å². The fourth-order valence-corrected chi connectivity index (χ4v) is 4.01. The van der Waals surface area contributed by atoms with Gasteiger partial charge in [-0.25, -0.2) is 0 Å². The number of rotatable bonds is 3. The average Bonchev–Trinajstić information content (AvgIpc) is 2.87. The number of anilines is 1. The van der Waals surface area contributed by atoms with E-state index in [0.29, 0.717) is 40.2 Å². The second-order valence-corrected chi connectivity index (χ2v) is 7.20. The van der Waals surface area contributed by atoms with E-state index in [0.717, 1.165) is 19.5 Å². The van der Waals surface area contributed by atoms with Crippen LogP contribution in [-0.2, 0) is 4.79 Å². The molecule has 23 heavy (non-hydrogen) atoms. The van der Waals surface area contributed by atoms with Gasteiger partial charge in [0.15, 0.2) is 0 Å². The number of halogens is 3. The lowest BCUT2D eigenvalue weighted by Crippen LogP contribution is -2.38. The molecule has 3 N–H and O–H groups in total. The number of likely N-dealkylation sites (tertiary alicyclic amines) is 1. The monoisotopic (exact) mass is 377 g/mol. The van der Waals surface area contributed by atoms with E-state index in [4.69, 9.17) is 28.9 Å². The summed E-state index contributed by atoms with van der Waals surface area (Å²) >= 11 is 11.8. The number of nitrogens with one attached hydrogen (secondary N) is 1. The van der Waals surface area contributed by atoms with Crippen LogP contribution in [0.2, 0.25) is 10.0 Å². The van der Waals surface area contributed by atoms with Crippen LogP contribution >= 0.6 is 35.6 Å². The first kappa shape index (κ1) is 18.8. The number of hydrogen-bond acceptors (Lipinski definition) is 3. The Labute approximate surface area is 153 Å². The highest BCUT2D eigenvalue weighted by Crippen LogP contribution is 2.35. The molecule has 0 aromatic heterocycles. The van der Waals surface area contributed by atoms with E-state index in [2.05, 4.69) is 10.2 Å². The van der Waals surface area contributed by atoms with Crippen molar-refractivity contribution < 1.29 is 4.79 Å². The molecule has 2 aliphatic rings. The maximum absolute atomic E-state index is 12.2. The van der Waals surface area contributed by atoms with E-state index in [9.17, 15) is 4.79 Å². The van der Waals surface area contributed by atoms with Crippen molar-refractivity contribution in [2.24, 2.45) is 17.6 Å². The normalized spacial score (nSPS) is 27.2. The Balaban J connectivity index is 0.00000192. The van der Waals surface area contributed by atoms with Crippen LogP contribution in [0.4, 0.5) is 5.69 Å². The molecule has 1 aromatic rings. The topological polar surface area (TPSA) is 58.4 Å². The van der Waals surface area contributed by atoms with Gasteiger partial charge in [0.25, 0.3) is 0 Å². The molecule has 3 atom stereocenters. The summed E-state index contributed by atoms with van der Waals surface area (Å²) in [5.41, 5.74) is 6.89. The predicted octanol–water partition coefficient (Wildman–Crippen LogP) is 3.41. The summed E-state index contributed by atoms with van der Waals surface area (Å²) in [6.45, 7) is 2.31. The average molecular weight is 379 g/mol. The van der Waals surface area contributed by atoms with Crippen molar-refractivity contribution >= 4 is 47.2 Å². The van der Waals surface area contributed by atoms with Crippen molar-refractivity contribution in [2.45, 2.75) is 25.3 Å². The molecule has 3 rings (SSSR count). The Hall–Kier alpha value is -0.520. The summed E-state index contributed by atoms with van der Waals surface area (Å²) in [7, 11) is 0. The fourth-order valence-electron chi connectivity index (χ4n) is 3.72. The third-order valence-electron chi connectivity index (χ3n) is 4.80. The summed E-state index contributed by atoms with van der Waals surface area (Å²) < 4.78 is 0. The molecule has 0 spiro atoms. The zero-order chi connectivity index (χ0) is 15.7. The van der Waals surface area contributed by atoms with Gasteiger partial charge in [-0.15, -0.1) is 12.4 Å². The van der Waals surface area contributed by atoms with Gasteiger partial charge in [0.2, 0.25) is 5.91 Å². The molecule has 1 saturated heterocycles. The van der Waals surface area contributed by atoms with Crippen LogP contribution in [0.15, 0.2) is 18.2 Å². The largest absolute Gasteiger partial charge is 0.327 e. The third-order valence-corrected chi connectivity index (χ3v) is 5.54. The van der Waals surface area contributed by atoms with Crippen LogP contribution in [0.1, 0.15) is 19.3 Å². The first-order chi connectivity index (χ1) is 10.5. The summed E-state index contributed by atoms with van der Waals surface area (Å²) in [5.74, 6) is 1.18. The molecule has 128 valence electrons. The van der Waals surface area contributed by atoms with Crippen molar-refractivity contribution in [3.05, 3.63) is 28.2 Å². The van der Waals surface area contributed by atoms with Gasteiger partial charge in [0.05, 0.1) is 16.6 Å². The molecule has 2 fully saturated rings. The molecule has 0 radical (unpaired) electrons. The Morgan fingerprint density at radius 2 is 2.04 bits per heavy atom. The van der Waals surface area contributed by atoms with E-state index in [1.54, 1.807) is 18.2 Å². The maximum atomic E-state index is 12.2. The Bertz CT molecular complexity index is 570. The highest BCUT2D eigenvalue weighted by atomic mass is 35.5. The van der Waals surface area contributed by atoms with Crippen molar-refractivity contribution in [2.75, 3.05) is 25.0 Å². The van der Waals surface area contributed by atoms with Crippen LogP contribution in [-0.4, -0.2) is 36.5 Å². The number of nitrogens with zero attached hydrogens (tertiary/aromatic N) is 1. The lowest BCUT2D eigenvalue weighted by molar-refractivity contribution is -0.117. The summed E-state index contributed by atoms with van der Waals surface area (Å²) in [4.78, 5) is 14.4. The zero-order valence-corrected chi connectivity index (χ0v) is 15.1. The van der Waals surface area contributed by atoms with E-state index in [-0.39, 0.29) is 18.3 Å². The van der Waals surface area contributed by atoms with Crippen LogP contribution in [0.25, 0.3) is 0 Å². The van der Waals surface area contributed by atoms with E-state index < -0.39 is 0 Å². The van der Waals surface area contributed by atoms with Crippen molar-refractivity contribution in [3.8, 4) is 0 Å². The number of fused-ring (bicyclic) bond motifs is 1. The molecule has 1 heterocycles. The van der Waals surface area contributed by atoms with Crippen LogP contribution < -0.4 is 11.1 Å². The Morgan fingerprint density at radius 1 is 1.26 bits per heavy atom. The Morgan fingerprint density at radius 3 is 2.74 bits per heavy atom. The molecule has 1 aliphatic carbocycles. The summed E-state index contributed by atoms with van der Waals surface area (Å²) in [6, 6.07) is 5.40. The summed E-state index contributed by atoms with van der Waals surface area (Å²) in [5, 5.41) is 3.80. The first-order valence-corrected chi connectivity index (χ1v) is 8.51. The highest BCUT2D eigenvalue weighted by molar-refractivity contribution is 6.42. The number of nitrogens with two attached hydrogens (primary N) is 1. The quantitative estimate of drug-likeness (QED) is 0.847. The first-order valence-electron chi connectivity index (χ1n) is 7.76. The minimum Gasteiger partial charge on any atom is -0.327 e. The standard InChI is InChI=1S/C16H21Cl2N3O.ClH/c17-13-5-4-11(6-14(13)18)20-16(22)9-21-7-10-2-1-3-15(19)12(10)8-21;/h4-6,10,12,15H,1-3,7-9,19H2,(H,20,22);1H. The fraction of sp³-hybridized carbons (Fsp3) is 0.562. The smallest absolute Gasteiger partial charge is 0.238 e. The highest BCUT2D eigenvalue weighted by Gasteiger charge is 2.38. The minimum absolute atomic E-state index is 0. The van der Waals surface area contributed by atoms with E-state index in [1.807, 2.05) is 0 Å². The Kier molecular flexibility index (Phi) is 6.57. The van der Waals surface area contributed by atoms with Crippen LogP contribution in [0.3, 0.4) is 0 Å². The maximum Gasteiger partial charge on any atom is 0.238 e. The lowest BCUT2D eigenvalue weighted by atomic mass is 9.78. The number of carbonyl (C=O) groups is 1. The van der Waals surface area contributed by atoms with Crippen molar-refractivity contribution in [1.29, 1.82) is 0 Å². The second-order valence-electron chi connectivity index (χ2n) is 6.39. The van der Waals surface area contributed by atoms with Crippen LogP contribution in [0, 0.1) is 11.8 Å². The number of hydrogen-bond donors (Lipinski definition) is 2. The van der Waals surface area contributed by atoms with Gasteiger partial charge >= 0.3 is 0 Å². The SMILES string of the molecule is Cl.NC1CCCC2CN(CC(=O)Nc3ccc(Cl)c(Cl)c3)CC12. The zero-order valence-electron chi connectivity index (χ0n) is 12.8. The molecule has 1 aromatic carbocycles.